The summed E-state index contributed by atoms with van der Waals surface area (Å²) in [5.74, 6) is 1.56. The van der Waals surface area contributed by atoms with Crippen LogP contribution in [0, 0.1) is 0 Å². The Morgan fingerprint density at radius 1 is 0.537 bits per heavy atom. The minimum atomic E-state index is -3.83. The summed E-state index contributed by atoms with van der Waals surface area (Å²) in [5, 5.41) is 5.33. The molecule has 0 bridgehead atoms. The Hall–Kier alpha value is -5.03. The summed E-state index contributed by atoms with van der Waals surface area (Å²) in [4.78, 5) is 24.6. The molecule has 11 heteroatoms. The molecular formula is C30H28N2O8S. The zero-order valence-corrected chi connectivity index (χ0v) is 23.1. The minimum Gasteiger partial charge on any atom is -0.497 e. The molecule has 4 aromatic carbocycles. The number of benzene rings is 4. The van der Waals surface area contributed by atoms with E-state index in [2.05, 4.69) is 10.6 Å². The molecule has 0 saturated carbocycles. The molecule has 212 valence electrons. The van der Waals surface area contributed by atoms with E-state index in [1.807, 2.05) is 0 Å². The van der Waals surface area contributed by atoms with E-state index in [0.717, 1.165) is 0 Å². The molecule has 4 rings (SSSR count). The average Bonchev–Trinajstić information content (AvgIpc) is 3.00. The Morgan fingerprint density at radius 3 is 1.17 bits per heavy atom. The second-order valence-corrected chi connectivity index (χ2v) is 10.5. The van der Waals surface area contributed by atoms with E-state index in [0.29, 0.717) is 34.4 Å². The monoisotopic (exact) mass is 576 g/mol. The molecule has 0 aliphatic heterocycles. The quantitative estimate of drug-likeness (QED) is 0.251. The lowest BCUT2D eigenvalue weighted by Gasteiger charge is -2.10. The topological polar surface area (TPSA) is 129 Å². The van der Waals surface area contributed by atoms with Gasteiger partial charge in [-0.2, -0.15) is 0 Å². The SMILES string of the molecule is COc1ccc(OCC(=O)Nc2ccc(S(=O)(=O)c3ccc(NC(=O)COc4ccc(OC)cc4)cc3)cc2)cc1. The van der Waals surface area contributed by atoms with Crippen LogP contribution in [0.3, 0.4) is 0 Å². The summed E-state index contributed by atoms with van der Waals surface area (Å²) in [7, 11) is -0.716. The van der Waals surface area contributed by atoms with Crippen molar-refractivity contribution < 1.29 is 37.0 Å². The molecule has 2 amide bonds. The zero-order chi connectivity index (χ0) is 29.2. The standard InChI is InChI=1S/C30H28N2O8S/c1-37-23-7-11-25(12-8-23)39-19-29(33)31-21-3-15-27(16-4-21)41(35,36)28-17-5-22(6-18-28)32-30(34)20-40-26-13-9-24(38-2)10-14-26/h3-18H,19-20H2,1-2H3,(H,31,33)(H,32,34). The fourth-order valence-corrected chi connectivity index (χ4v) is 4.87. The maximum absolute atomic E-state index is 13.1. The second kappa shape index (κ2) is 13.4. The zero-order valence-electron chi connectivity index (χ0n) is 22.3. The molecule has 0 fully saturated rings. The van der Waals surface area contributed by atoms with Gasteiger partial charge < -0.3 is 29.6 Å². The van der Waals surface area contributed by atoms with Crippen LogP contribution in [-0.2, 0) is 19.4 Å². The number of anilines is 2. The Bertz CT molecular complexity index is 1460. The number of methoxy groups -OCH3 is 2. The Balaban J connectivity index is 1.28. The number of hydrogen-bond donors (Lipinski definition) is 2. The molecule has 0 aliphatic carbocycles. The highest BCUT2D eigenvalue weighted by atomic mass is 32.2. The number of amides is 2. The van der Waals surface area contributed by atoms with Crippen LogP contribution in [0.4, 0.5) is 11.4 Å². The van der Waals surface area contributed by atoms with Gasteiger partial charge in [0.2, 0.25) is 9.84 Å². The van der Waals surface area contributed by atoms with Crippen molar-refractivity contribution in [3.8, 4) is 23.0 Å². The third-order valence-corrected chi connectivity index (χ3v) is 7.54. The van der Waals surface area contributed by atoms with E-state index < -0.39 is 21.7 Å². The number of hydrogen-bond acceptors (Lipinski definition) is 8. The first-order valence-electron chi connectivity index (χ1n) is 12.4. The molecule has 0 saturated heterocycles. The minimum absolute atomic E-state index is 0.0506. The van der Waals surface area contributed by atoms with Crippen molar-refractivity contribution in [3.63, 3.8) is 0 Å². The summed E-state index contributed by atoms with van der Waals surface area (Å²) in [6, 6.07) is 25.2. The van der Waals surface area contributed by atoms with Gasteiger partial charge in [-0.15, -0.1) is 0 Å². The van der Waals surface area contributed by atoms with Crippen LogP contribution in [0.1, 0.15) is 0 Å². The molecule has 0 atom stereocenters. The van der Waals surface area contributed by atoms with Crippen LogP contribution in [-0.4, -0.2) is 47.7 Å². The maximum atomic E-state index is 13.1. The van der Waals surface area contributed by atoms with Crippen molar-refractivity contribution in [2.75, 3.05) is 38.1 Å². The highest BCUT2D eigenvalue weighted by Crippen LogP contribution is 2.24. The van der Waals surface area contributed by atoms with Crippen LogP contribution in [0.2, 0.25) is 0 Å². The molecule has 0 aliphatic rings. The predicted molar refractivity (Wildman–Crippen MR) is 153 cm³/mol. The van der Waals surface area contributed by atoms with Gasteiger partial charge >= 0.3 is 0 Å². The van der Waals surface area contributed by atoms with Crippen molar-refractivity contribution in [1.29, 1.82) is 0 Å². The van der Waals surface area contributed by atoms with Crippen molar-refractivity contribution >= 4 is 33.0 Å². The first-order valence-corrected chi connectivity index (χ1v) is 13.8. The maximum Gasteiger partial charge on any atom is 0.262 e. The molecule has 41 heavy (non-hydrogen) atoms. The number of rotatable bonds is 12. The van der Waals surface area contributed by atoms with Gasteiger partial charge in [0.1, 0.15) is 23.0 Å². The van der Waals surface area contributed by atoms with Gasteiger partial charge in [0.05, 0.1) is 24.0 Å². The Labute approximate surface area is 237 Å². The summed E-state index contributed by atoms with van der Waals surface area (Å²) in [5.41, 5.74) is 0.837. The van der Waals surface area contributed by atoms with Crippen molar-refractivity contribution in [1.82, 2.24) is 0 Å². The van der Waals surface area contributed by atoms with Gasteiger partial charge in [-0.25, -0.2) is 8.42 Å². The second-order valence-electron chi connectivity index (χ2n) is 8.58. The first kappa shape index (κ1) is 29.0. The Kier molecular flexibility index (Phi) is 9.43. The molecule has 0 aromatic heterocycles. The lowest BCUT2D eigenvalue weighted by Crippen LogP contribution is -2.20. The lowest BCUT2D eigenvalue weighted by atomic mass is 10.3. The van der Waals surface area contributed by atoms with Crippen LogP contribution >= 0.6 is 0 Å². The summed E-state index contributed by atoms with van der Waals surface area (Å²) < 4.78 is 47.2. The number of sulfone groups is 1. The van der Waals surface area contributed by atoms with E-state index in [1.165, 1.54) is 48.5 Å². The summed E-state index contributed by atoms with van der Waals surface area (Å²) >= 11 is 0. The average molecular weight is 577 g/mol. The van der Waals surface area contributed by atoms with Gasteiger partial charge in [-0.3, -0.25) is 9.59 Å². The van der Waals surface area contributed by atoms with Crippen LogP contribution in [0.15, 0.2) is 107 Å². The van der Waals surface area contributed by atoms with Crippen molar-refractivity contribution in [3.05, 3.63) is 97.1 Å². The fourth-order valence-electron chi connectivity index (χ4n) is 3.61. The molecule has 4 aromatic rings. The highest BCUT2D eigenvalue weighted by molar-refractivity contribution is 7.91. The molecule has 10 nitrogen and oxygen atoms in total. The normalized spacial score (nSPS) is 10.8. The van der Waals surface area contributed by atoms with Crippen LogP contribution in [0.5, 0.6) is 23.0 Å². The molecule has 2 N–H and O–H groups in total. The predicted octanol–water partition coefficient (Wildman–Crippen LogP) is 4.57. The van der Waals surface area contributed by atoms with Gasteiger partial charge in [0.15, 0.2) is 13.2 Å². The molecule has 0 spiro atoms. The number of ether oxygens (including phenoxy) is 4. The van der Waals surface area contributed by atoms with Crippen molar-refractivity contribution in [2.45, 2.75) is 9.79 Å². The fraction of sp³-hybridized carbons (Fsp3) is 0.133. The third kappa shape index (κ3) is 7.99. The van der Waals surface area contributed by atoms with Crippen molar-refractivity contribution in [2.24, 2.45) is 0 Å². The van der Waals surface area contributed by atoms with Gasteiger partial charge in [0, 0.05) is 11.4 Å². The third-order valence-electron chi connectivity index (χ3n) is 5.76. The van der Waals surface area contributed by atoms with Crippen LogP contribution < -0.4 is 29.6 Å². The smallest absolute Gasteiger partial charge is 0.262 e. The molecular weight excluding hydrogens is 548 g/mol. The largest absolute Gasteiger partial charge is 0.497 e. The summed E-state index contributed by atoms with van der Waals surface area (Å²) in [6.07, 6.45) is 0. The Morgan fingerprint density at radius 2 is 0.854 bits per heavy atom. The van der Waals surface area contributed by atoms with E-state index in [-0.39, 0.29) is 23.0 Å². The first-order chi connectivity index (χ1) is 19.8. The number of nitrogens with one attached hydrogen (secondary N) is 2. The summed E-state index contributed by atoms with van der Waals surface area (Å²) in [6.45, 7) is -0.439. The lowest BCUT2D eigenvalue weighted by molar-refractivity contribution is -0.118. The molecule has 0 heterocycles. The van der Waals surface area contributed by atoms with Gasteiger partial charge in [-0.1, -0.05) is 0 Å². The van der Waals surface area contributed by atoms with Gasteiger partial charge in [-0.05, 0) is 97.1 Å². The number of carbonyl (C=O) groups excluding carboxylic acids is 2. The van der Waals surface area contributed by atoms with Crippen LogP contribution in [0.25, 0.3) is 0 Å². The van der Waals surface area contributed by atoms with E-state index in [4.69, 9.17) is 18.9 Å². The molecule has 0 radical (unpaired) electrons. The molecule has 0 unspecified atom stereocenters. The van der Waals surface area contributed by atoms with E-state index >= 15 is 0 Å². The van der Waals surface area contributed by atoms with Gasteiger partial charge in [0.25, 0.3) is 11.8 Å². The number of carbonyl (C=O) groups is 2. The highest BCUT2D eigenvalue weighted by Gasteiger charge is 2.18. The van der Waals surface area contributed by atoms with E-state index in [1.54, 1.807) is 62.8 Å². The van der Waals surface area contributed by atoms with E-state index in [9.17, 15) is 18.0 Å².